The fourth-order valence-electron chi connectivity index (χ4n) is 4.91. The molecule has 1 aliphatic rings. The zero-order chi connectivity index (χ0) is 25.6. The number of hydrogen-bond acceptors (Lipinski definition) is 3. The van der Waals surface area contributed by atoms with E-state index in [4.69, 9.17) is 16.3 Å². The van der Waals surface area contributed by atoms with Gasteiger partial charge in [0, 0.05) is 48.3 Å². The largest absolute Gasteiger partial charge is 0.490 e. The number of aromatic nitrogens is 1. The van der Waals surface area contributed by atoms with E-state index in [-0.39, 0.29) is 17.8 Å². The summed E-state index contributed by atoms with van der Waals surface area (Å²) in [5.74, 6) is 0.406. The third kappa shape index (κ3) is 6.51. The minimum atomic E-state index is -0.247. The number of amides is 1. The van der Waals surface area contributed by atoms with Gasteiger partial charge in [-0.1, -0.05) is 41.9 Å². The molecule has 0 bridgehead atoms. The van der Waals surface area contributed by atoms with Crippen LogP contribution in [-0.2, 0) is 13.1 Å². The second-order valence-electron chi connectivity index (χ2n) is 9.53. The summed E-state index contributed by atoms with van der Waals surface area (Å²) in [4.78, 5) is 15.5. The lowest BCUT2D eigenvalue weighted by molar-refractivity contribution is 0.0952. The number of rotatable bonds is 9. The fraction of sp³-hybridized carbons (Fsp3) is 0.300. The van der Waals surface area contributed by atoms with Crippen molar-refractivity contribution in [2.75, 3.05) is 19.6 Å². The van der Waals surface area contributed by atoms with Gasteiger partial charge in [0.1, 0.15) is 17.7 Å². The van der Waals surface area contributed by atoms with Crippen molar-refractivity contribution in [2.45, 2.75) is 38.5 Å². The van der Waals surface area contributed by atoms with Crippen LogP contribution in [0.25, 0.3) is 10.9 Å². The number of carbonyl (C=O) groups is 1. The highest BCUT2D eigenvalue weighted by Crippen LogP contribution is 2.23. The van der Waals surface area contributed by atoms with Crippen molar-refractivity contribution in [3.8, 4) is 5.75 Å². The normalized spacial score (nSPS) is 14.6. The predicted octanol–water partition coefficient (Wildman–Crippen LogP) is 6.30. The van der Waals surface area contributed by atoms with Gasteiger partial charge in [-0.25, -0.2) is 4.39 Å². The summed E-state index contributed by atoms with van der Waals surface area (Å²) in [7, 11) is 0. The SMILES string of the molecule is O=C(NCc1ccc(Cl)cc1)c1cn(CCCN2CCC(Oc3ccc(F)cc3)CC2)c2ccccc12. The highest BCUT2D eigenvalue weighted by molar-refractivity contribution is 6.30. The molecule has 2 heterocycles. The highest BCUT2D eigenvalue weighted by Gasteiger charge is 2.21. The average Bonchev–Trinajstić information content (AvgIpc) is 3.29. The molecule has 0 radical (unpaired) electrons. The van der Waals surface area contributed by atoms with Crippen LogP contribution in [0.5, 0.6) is 5.75 Å². The first-order chi connectivity index (χ1) is 18.0. The number of fused-ring (bicyclic) bond motifs is 1. The first kappa shape index (κ1) is 25.3. The van der Waals surface area contributed by atoms with Gasteiger partial charge in [-0.3, -0.25) is 4.79 Å². The molecule has 0 aliphatic carbocycles. The van der Waals surface area contributed by atoms with E-state index in [1.165, 1.54) is 12.1 Å². The molecule has 7 heteroatoms. The molecule has 1 aromatic heterocycles. The Morgan fingerprint density at radius 3 is 2.46 bits per heavy atom. The molecular weight excluding hydrogens is 489 g/mol. The molecule has 3 aromatic carbocycles. The maximum Gasteiger partial charge on any atom is 0.253 e. The van der Waals surface area contributed by atoms with Crippen molar-refractivity contribution < 1.29 is 13.9 Å². The molecule has 192 valence electrons. The molecule has 37 heavy (non-hydrogen) atoms. The van der Waals surface area contributed by atoms with Crippen LogP contribution in [0, 0.1) is 5.82 Å². The van der Waals surface area contributed by atoms with E-state index < -0.39 is 0 Å². The van der Waals surface area contributed by atoms with Crippen LogP contribution in [0.1, 0.15) is 35.2 Å². The Balaban J connectivity index is 1.13. The zero-order valence-electron chi connectivity index (χ0n) is 20.7. The quantitative estimate of drug-likeness (QED) is 0.282. The van der Waals surface area contributed by atoms with E-state index in [2.05, 4.69) is 20.9 Å². The number of ether oxygens (including phenoxy) is 1. The van der Waals surface area contributed by atoms with Crippen LogP contribution in [0.2, 0.25) is 5.02 Å². The van der Waals surface area contributed by atoms with Gasteiger partial charge < -0.3 is 19.5 Å². The van der Waals surface area contributed by atoms with E-state index in [0.717, 1.165) is 67.7 Å². The van der Waals surface area contributed by atoms with Gasteiger partial charge in [-0.05, 0) is 73.8 Å². The number of nitrogens with one attached hydrogen (secondary N) is 1. The van der Waals surface area contributed by atoms with Gasteiger partial charge in [-0.15, -0.1) is 0 Å². The Hall–Kier alpha value is -3.35. The summed E-state index contributed by atoms with van der Waals surface area (Å²) in [5.41, 5.74) is 2.78. The van der Waals surface area contributed by atoms with E-state index in [9.17, 15) is 9.18 Å². The number of benzene rings is 3. The number of nitrogens with zero attached hydrogens (tertiary/aromatic N) is 2. The Bertz CT molecular complexity index is 1330. The van der Waals surface area contributed by atoms with Crippen molar-refractivity contribution in [3.63, 3.8) is 0 Å². The lowest BCUT2D eigenvalue weighted by Gasteiger charge is -2.32. The van der Waals surface area contributed by atoms with Crippen molar-refractivity contribution in [3.05, 3.63) is 101 Å². The topological polar surface area (TPSA) is 46.5 Å². The zero-order valence-corrected chi connectivity index (χ0v) is 21.5. The maximum absolute atomic E-state index is 13.1. The van der Waals surface area contributed by atoms with E-state index in [1.54, 1.807) is 12.1 Å². The van der Waals surface area contributed by atoms with Crippen molar-refractivity contribution in [2.24, 2.45) is 0 Å². The molecule has 5 nitrogen and oxygen atoms in total. The van der Waals surface area contributed by atoms with Crippen LogP contribution in [0.15, 0.2) is 79.0 Å². The lowest BCUT2D eigenvalue weighted by Crippen LogP contribution is -2.38. The van der Waals surface area contributed by atoms with Crippen LogP contribution >= 0.6 is 11.6 Å². The van der Waals surface area contributed by atoms with Crippen LogP contribution < -0.4 is 10.1 Å². The summed E-state index contributed by atoms with van der Waals surface area (Å²) in [6.07, 6.45) is 5.06. The molecule has 1 N–H and O–H groups in total. The summed E-state index contributed by atoms with van der Waals surface area (Å²) in [6.45, 7) is 4.26. The summed E-state index contributed by atoms with van der Waals surface area (Å²) in [6, 6.07) is 21.8. The molecule has 5 rings (SSSR count). The van der Waals surface area contributed by atoms with Gasteiger partial charge in [0.05, 0.1) is 5.56 Å². The fourth-order valence-corrected chi connectivity index (χ4v) is 5.04. The number of para-hydroxylation sites is 1. The highest BCUT2D eigenvalue weighted by atomic mass is 35.5. The van der Waals surface area contributed by atoms with Gasteiger partial charge in [0.15, 0.2) is 0 Å². The summed E-state index contributed by atoms with van der Waals surface area (Å²) >= 11 is 5.96. The number of halogens is 2. The van der Waals surface area contributed by atoms with E-state index in [0.29, 0.717) is 17.1 Å². The summed E-state index contributed by atoms with van der Waals surface area (Å²) in [5, 5.41) is 4.69. The minimum Gasteiger partial charge on any atom is -0.490 e. The van der Waals surface area contributed by atoms with Crippen molar-refractivity contribution >= 4 is 28.4 Å². The molecule has 0 unspecified atom stereocenters. The van der Waals surface area contributed by atoms with E-state index in [1.807, 2.05) is 48.7 Å². The number of likely N-dealkylation sites (tertiary alicyclic amines) is 1. The second kappa shape index (κ2) is 11.8. The van der Waals surface area contributed by atoms with Crippen LogP contribution in [0.3, 0.4) is 0 Å². The number of aryl methyl sites for hydroxylation is 1. The molecular formula is C30H31ClFN3O2. The number of carbonyl (C=O) groups excluding carboxylic acids is 1. The Morgan fingerprint density at radius 2 is 1.70 bits per heavy atom. The molecule has 4 aromatic rings. The third-order valence-corrected chi connectivity index (χ3v) is 7.18. The lowest BCUT2D eigenvalue weighted by atomic mass is 10.1. The Labute approximate surface area is 221 Å². The number of hydrogen-bond donors (Lipinski definition) is 1. The van der Waals surface area contributed by atoms with Crippen LogP contribution in [0.4, 0.5) is 4.39 Å². The van der Waals surface area contributed by atoms with Crippen molar-refractivity contribution in [1.82, 2.24) is 14.8 Å². The average molecular weight is 520 g/mol. The van der Waals surface area contributed by atoms with Crippen molar-refractivity contribution in [1.29, 1.82) is 0 Å². The Morgan fingerprint density at radius 1 is 0.973 bits per heavy atom. The summed E-state index contributed by atoms with van der Waals surface area (Å²) < 4.78 is 21.3. The van der Waals surface area contributed by atoms with Gasteiger partial charge in [0.25, 0.3) is 5.91 Å². The first-order valence-electron chi connectivity index (χ1n) is 12.8. The standard InChI is InChI=1S/C30H31ClFN3O2/c31-23-8-6-22(7-9-23)20-33-30(36)28-21-35(29-5-2-1-4-27(28)29)17-3-16-34-18-14-26(15-19-34)37-25-12-10-24(32)11-13-25/h1-2,4-13,21,26H,3,14-20H2,(H,33,36). The van der Waals surface area contributed by atoms with Crippen LogP contribution in [-0.4, -0.2) is 41.1 Å². The molecule has 1 amide bonds. The predicted molar refractivity (Wildman–Crippen MR) is 146 cm³/mol. The second-order valence-corrected chi connectivity index (χ2v) is 9.97. The molecule has 1 saturated heterocycles. The van der Waals surface area contributed by atoms with Gasteiger partial charge in [-0.2, -0.15) is 0 Å². The molecule has 0 atom stereocenters. The van der Waals surface area contributed by atoms with E-state index >= 15 is 0 Å². The third-order valence-electron chi connectivity index (χ3n) is 6.92. The number of piperidine rings is 1. The molecule has 1 aliphatic heterocycles. The van der Waals surface area contributed by atoms with Gasteiger partial charge >= 0.3 is 0 Å². The Kier molecular flexibility index (Phi) is 8.07. The van der Waals surface area contributed by atoms with Gasteiger partial charge in [0.2, 0.25) is 0 Å². The maximum atomic E-state index is 13.1. The minimum absolute atomic E-state index is 0.0758. The molecule has 1 fully saturated rings. The molecule has 0 saturated carbocycles. The monoisotopic (exact) mass is 519 g/mol. The molecule has 0 spiro atoms. The smallest absolute Gasteiger partial charge is 0.253 e. The first-order valence-corrected chi connectivity index (χ1v) is 13.2.